The van der Waals surface area contributed by atoms with E-state index in [1.807, 2.05) is 31.4 Å². The van der Waals surface area contributed by atoms with Gasteiger partial charge in [0.05, 0.1) is 6.10 Å². The molecule has 128 valence electrons. The van der Waals surface area contributed by atoms with Crippen molar-refractivity contribution in [1.82, 2.24) is 19.8 Å². The molecular weight excluding hydrogens is 290 g/mol. The number of likely N-dealkylation sites (tertiary alicyclic amines) is 2. The molecule has 23 heavy (non-hydrogen) atoms. The minimum absolute atomic E-state index is 0.117. The normalized spacial score (nSPS) is 24.7. The number of aliphatic hydroxyl groups excluding tert-OH is 1. The van der Waals surface area contributed by atoms with Crippen molar-refractivity contribution >= 4 is 5.95 Å². The summed E-state index contributed by atoms with van der Waals surface area (Å²) < 4.78 is 0. The topological polar surface area (TPSA) is 55.7 Å². The lowest BCUT2D eigenvalue weighted by atomic mass is 9.99. The molecule has 6 nitrogen and oxygen atoms in total. The standard InChI is InChI=1S/C17H29N5O/c1-20(2)17-18-10-14(11-19-17)12-21-8-5-15(6-9-21)22-7-3-4-16(23)13-22/h10-11,15-16,23H,3-9,12-13H2,1-2H3. The number of hydrogen-bond acceptors (Lipinski definition) is 6. The average Bonchev–Trinajstić information content (AvgIpc) is 2.56. The van der Waals surface area contributed by atoms with Crippen LogP contribution in [0.3, 0.4) is 0 Å². The molecule has 1 unspecified atom stereocenters. The van der Waals surface area contributed by atoms with E-state index < -0.39 is 0 Å². The van der Waals surface area contributed by atoms with Crippen LogP contribution >= 0.6 is 0 Å². The van der Waals surface area contributed by atoms with Gasteiger partial charge in [-0.2, -0.15) is 0 Å². The molecule has 2 aliphatic rings. The summed E-state index contributed by atoms with van der Waals surface area (Å²) in [4.78, 5) is 15.7. The number of piperidine rings is 2. The second kappa shape index (κ2) is 7.55. The van der Waals surface area contributed by atoms with Gasteiger partial charge in [0.2, 0.25) is 5.95 Å². The van der Waals surface area contributed by atoms with Crippen LogP contribution in [-0.4, -0.2) is 77.3 Å². The van der Waals surface area contributed by atoms with Crippen molar-refractivity contribution in [2.24, 2.45) is 0 Å². The van der Waals surface area contributed by atoms with Gasteiger partial charge in [0.15, 0.2) is 0 Å². The number of β-amino-alcohol motifs (C(OH)–C–C–N with tert-alkyl or cyclic N) is 1. The number of aromatic nitrogens is 2. The smallest absolute Gasteiger partial charge is 0.224 e. The third kappa shape index (κ3) is 4.40. The Labute approximate surface area is 139 Å². The van der Waals surface area contributed by atoms with E-state index in [0.717, 1.165) is 51.5 Å². The van der Waals surface area contributed by atoms with E-state index in [9.17, 15) is 5.11 Å². The number of nitrogens with zero attached hydrogens (tertiary/aromatic N) is 5. The molecule has 0 radical (unpaired) electrons. The summed E-state index contributed by atoms with van der Waals surface area (Å²) in [7, 11) is 3.91. The summed E-state index contributed by atoms with van der Waals surface area (Å²) in [5.41, 5.74) is 1.18. The van der Waals surface area contributed by atoms with Crippen LogP contribution in [0, 0.1) is 0 Å². The van der Waals surface area contributed by atoms with Crippen molar-refractivity contribution < 1.29 is 5.11 Å². The van der Waals surface area contributed by atoms with E-state index in [0.29, 0.717) is 6.04 Å². The summed E-state index contributed by atoms with van der Waals surface area (Å²) in [5.74, 6) is 0.760. The van der Waals surface area contributed by atoms with Gasteiger partial charge in [0.1, 0.15) is 0 Å². The second-order valence-corrected chi connectivity index (χ2v) is 7.08. The highest BCUT2D eigenvalue weighted by Gasteiger charge is 2.28. The third-order valence-electron chi connectivity index (χ3n) is 5.00. The van der Waals surface area contributed by atoms with Gasteiger partial charge >= 0.3 is 0 Å². The number of hydrogen-bond donors (Lipinski definition) is 1. The van der Waals surface area contributed by atoms with E-state index >= 15 is 0 Å². The first-order valence-electron chi connectivity index (χ1n) is 8.74. The molecule has 3 heterocycles. The minimum Gasteiger partial charge on any atom is -0.392 e. The first-order valence-corrected chi connectivity index (χ1v) is 8.74. The minimum atomic E-state index is -0.117. The SMILES string of the molecule is CN(C)c1ncc(CN2CCC(N3CCCC(O)C3)CC2)cn1. The Balaban J connectivity index is 1.47. The van der Waals surface area contributed by atoms with Crippen LogP contribution in [0.25, 0.3) is 0 Å². The largest absolute Gasteiger partial charge is 0.392 e. The first kappa shape index (κ1) is 16.6. The first-order chi connectivity index (χ1) is 11.1. The molecule has 0 aliphatic carbocycles. The zero-order valence-electron chi connectivity index (χ0n) is 14.4. The Morgan fingerprint density at radius 3 is 2.43 bits per heavy atom. The van der Waals surface area contributed by atoms with Crippen LogP contribution in [-0.2, 0) is 6.54 Å². The van der Waals surface area contributed by atoms with E-state index in [4.69, 9.17) is 0 Å². The van der Waals surface area contributed by atoms with Crippen molar-refractivity contribution in [3.8, 4) is 0 Å². The Morgan fingerprint density at radius 2 is 1.83 bits per heavy atom. The maximum atomic E-state index is 9.85. The predicted molar refractivity (Wildman–Crippen MR) is 91.5 cm³/mol. The van der Waals surface area contributed by atoms with Gasteiger partial charge in [-0.15, -0.1) is 0 Å². The maximum Gasteiger partial charge on any atom is 0.224 e. The second-order valence-electron chi connectivity index (χ2n) is 7.08. The van der Waals surface area contributed by atoms with Crippen LogP contribution in [0.4, 0.5) is 5.95 Å². The lowest BCUT2D eigenvalue weighted by Crippen LogP contribution is -2.49. The molecule has 2 saturated heterocycles. The van der Waals surface area contributed by atoms with E-state index in [1.54, 1.807) is 0 Å². The van der Waals surface area contributed by atoms with Crippen LogP contribution in [0.1, 0.15) is 31.2 Å². The Bertz CT molecular complexity index is 484. The van der Waals surface area contributed by atoms with Gasteiger partial charge in [-0.1, -0.05) is 0 Å². The van der Waals surface area contributed by atoms with Crippen LogP contribution in [0.15, 0.2) is 12.4 Å². The fourth-order valence-corrected chi connectivity index (χ4v) is 3.68. The molecule has 1 atom stereocenters. The number of anilines is 1. The third-order valence-corrected chi connectivity index (χ3v) is 5.00. The van der Waals surface area contributed by atoms with Gasteiger partial charge in [0, 0.05) is 51.2 Å². The Morgan fingerprint density at radius 1 is 1.13 bits per heavy atom. The fourth-order valence-electron chi connectivity index (χ4n) is 3.68. The van der Waals surface area contributed by atoms with E-state index in [-0.39, 0.29) is 6.10 Å². The predicted octanol–water partition coefficient (Wildman–Crippen LogP) is 0.964. The molecule has 0 bridgehead atoms. The quantitative estimate of drug-likeness (QED) is 0.892. The molecule has 6 heteroatoms. The molecule has 0 aromatic carbocycles. The molecular formula is C17H29N5O. The lowest BCUT2D eigenvalue weighted by Gasteiger charge is -2.41. The molecule has 0 saturated carbocycles. The Kier molecular flexibility index (Phi) is 5.46. The highest BCUT2D eigenvalue weighted by molar-refractivity contribution is 5.26. The van der Waals surface area contributed by atoms with Crippen LogP contribution in [0.2, 0.25) is 0 Å². The molecule has 3 rings (SSSR count). The van der Waals surface area contributed by atoms with Crippen molar-refractivity contribution in [1.29, 1.82) is 0 Å². The zero-order valence-corrected chi connectivity index (χ0v) is 14.4. The molecule has 1 aromatic heterocycles. The van der Waals surface area contributed by atoms with E-state index in [1.165, 1.54) is 18.4 Å². The molecule has 0 amide bonds. The summed E-state index contributed by atoms with van der Waals surface area (Å²) >= 11 is 0. The van der Waals surface area contributed by atoms with Crippen LogP contribution < -0.4 is 4.90 Å². The average molecular weight is 319 g/mol. The van der Waals surface area contributed by atoms with Gasteiger partial charge < -0.3 is 10.0 Å². The van der Waals surface area contributed by atoms with Gasteiger partial charge in [0.25, 0.3) is 0 Å². The van der Waals surface area contributed by atoms with Gasteiger partial charge in [-0.05, 0) is 45.3 Å². The Hall–Kier alpha value is -1.24. The molecule has 2 fully saturated rings. The maximum absolute atomic E-state index is 9.85. The van der Waals surface area contributed by atoms with Gasteiger partial charge in [-0.3, -0.25) is 9.80 Å². The zero-order chi connectivity index (χ0) is 16.2. The monoisotopic (exact) mass is 319 g/mol. The number of rotatable bonds is 4. The highest BCUT2D eigenvalue weighted by atomic mass is 16.3. The fraction of sp³-hybridized carbons (Fsp3) is 0.765. The highest BCUT2D eigenvalue weighted by Crippen LogP contribution is 2.22. The molecule has 1 aromatic rings. The van der Waals surface area contributed by atoms with Crippen molar-refractivity contribution in [3.63, 3.8) is 0 Å². The van der Waals surface area contributed by atoms with E-state index in [2.05, 4.69) is 19.8 Å². The lowest BCUT2D eigenvalue weighted by molar-refractivity contribution is 0.0243. The summed E-state index contributed by atoms with van der Waals surface area (Å²) in [6.07, 6.45) is 8.27. The molecule has 0 spiro atoms. The molecule has 1 N–H and O–H groups in total. The van der Waals surface area contributed by atoms with Crippen molar-refractivity contribution in [2.75, 3.05) is 45.2 Å². The summed E-state index contributed by atoms with van der Waals surface area (Å²) in [6, 6.07) is 0.647. The number of aliphatic hydroxyl groups is 1. The summed E-state index contributed by atoms with van der Waals surface area (Å²) in [6.45, 7) is 5.19. The summed E-state index contributed by atoms with van der Waals surface area (Å²) in [5, 5.41) is 9.85. The molecule has 2 aliphatic heterocycles. The van der Waals surface area contributed by atoms with Crippen molar-refractivity contribution in [3.05, 3.63) is 18.0 Å². The van der Waals surface area contributed by atoms with Gasteiger partial charge in [-0.25, -0.2) is 9.97 Å². The van der Waals surface area contributed by atoms with Crippen molar-refractivity contribution in [2.45, 2.75) is 44.4 Å². The van der Waals surface area contributed by atoms with Crippen LogP contribution in [0.5, 0.6) is 0 Å².